The van der Waals surface area contributed by atoms with Gasteiger partial charge in [-0.15, -0.1) is 0 Å². The van der Waals surface area contributed by atoms with Crippen LogP contribution in [0, 0.1) is 5.92 Å². The number of hydrogen-bond acceptors (Lipinski definition) is 3. The van der Waals surface area contributed by atoms with Gasteiger partial charge in [-0.1, -0.05) is 32.4 Å². The topological polar surface area (TPSA) is 84.2 Å². The number of carbonyl (C=O) groups excluding carboxylic acids is 2. The van der Waals surface area contributed by atoms with E-state index in [0.29, 0.717) is 11.3 Å². The summed E-state index contributed by atoms with van der Waals surface area (Å²) < 4.78 is 0. The van der Waals surface area contributed by atoms with Crippen molar-refractivity contribution in [2.75, 3.05) is 5.32 Å². The fourth-order valence-corrected chi connectivity index (χ4v) is 2.01. The van der Waals surface area contributed by atoms with E-state index in [1.807, 2.05) is 13.8 Å². The third kappa shape index (κ3) is 4.04. The maximum atomic E-state index is 12.2. The first kappa shape index (κ1) is 15.5. The monoisotopic (exact) mass is 289 g/mol. The normalized spacial score (nSPS) is 16.9. The Balaban J connectivity index is 2.08. The van der Waals surface area contributed by atoms with Crippen LogP contribution in [0.5, 0.6) is 0 Å². The second kappa shape index (κ2) is 6.72. The average molecular weight is 289 g/mol. The molecule has 4 N–H and O–H groups in total. The summed E-state index contributed by atoms with van der Waals surface area (Å²) in [6.07, 6.45) is 2.89. The van der Waals surface area contributed by atoms with E-state index in [1.165, 1.54) is 0 Å². The van der Waals surface area contributed by atoms with Crippen LogP contribution in [0.1, 0.15) is 43.5 Å². The van der Waals surface area contributed by atoms with Crippen LogP contribution in [0.15, 0.2) is 24.3 Å². The van der Waals surface area contributed by atoms with Gasteiger partial charge >= 0.3 is 0 Å². The zero-order valence-electron chi connectivity index (χ0n) is 12.6. The van der Waals surface area contributed by atoms with Crippen molar-refractivity contribution in [2.45, 2.75) is 45.2 Å². The fraction of sp³-hybridized carbons (Fsp3) is 0.500. The number of anilines is 1. The molecule has 2 amide bonds. The van der Waals surface area contributed by atoms with Crippen LogP contribution in [0.2, 0.25) is 0 Å². The van der Waals surface area contributed by atoms with E-state index in [1.54, 1.807) is 24.3 Å². The van der Waals surface area contributed by atoms with Gasteiger partial charge in [-0.2, -0.15) is 0 Å². The highest BCUT2D eigenvalue weighted by Crippen LogP contribution is 2.22. The van der Waals surface area contributed by atoms with E-state index < -0.39 is 6.04 Å². The summed E-state index contributed by atoms with van der Waals surface area (Å²) in [4.78, 5) is 24.3. The molecule has 5 heteroatoms. The molecule has 21 heavy (non-hydrogen) atoms. The minimum Gasteiger partial charge on any atom is -0.349 e. The molecule has 1 aliphatic carbocycles. The van der Waals surface area contributed by atoms with Crippen LogP contribution in [0.3, 0.4) is 0 Å². The van der Waals surface area contributed by atoms with E-state index in [-0.39, 0.29) is 23.8 Å². The molecule has 0 spiro atoms. The molecule has 1 aromatic carbocycles. The summed E-state index contributed by atoms with van der Waals surface area (Å²) in [6.45, 7) is 3.94. The van der Waals surface area contributed by atoms with Crippen molar-refractivity contribution in [2.24, 2.45) is 11.7 Å². The molecule has 1 saturated carbocycles. The van der Waals surface area contributed by atoms with Gasteiger partial charge in [0, 0.05) is 6.04 Å². The highest BCUT2D eigenvalue weighted by molar-refractivity contribution is 6.05. The van der Waals surface area contributed by atoms with Crippen LogP contribution in [-0.4, -0.2) is 23.9 Å². The van der Waals surface area contributed by atoms with Gasteiger partial charge in [-0.05, 0) is 30.9 Å². The second-order valence-corrected chi connectivity index (χ2v) is 5.69. The Labute approximate surface area is 125 Å². The molecule has 0 bridgehead atoms. The van der Waals surface area contributed by atoms with Crippen LogP contribution in [0.25, 0.3) is 0 Å². The first-order valence-electron chi connectivity index (χ1n) is 7.49. The molecule has 5 nitrogen and oxygen atoms in total. The van der Waals surface area contributed by atoms with Crippen molar-refractivity contribution >= 4 is 17.5 Å². The fourth-order valence-electron chi connectivity index (χ4n) is 2.01. The summed E-state index contributed by atoms with van der Waals surface area (Å²) in [6, 6.07) is 6.72. The van der Waals surface area contributed by atoms with Crippen LogP contribution < -0.4 is 16.4 Å². The molecule has 0 radical (unpaired) electrons. The molecular weight excluding hydrogens is 266 g/mol. The molecule has 2 rings (SSSR count). The van der Waals surface area contributed by atoms with Crippen molar-refractivity contribution < 1.29 is 9.59 Å². The van der Waals surface area contributed by atoms with Gasteiger partial charge in [0.25, 0.3) is 5.91 Å². The second-order valence-electron chi connectivity index (χ2n) is 5.69. The van der Waals surface area contributed by atoms with Crippen LogP contribution >= 0.6 is 0 Å². The number of amides is 2. The molecule has 1 fully saturated rings. The molecule has 114 valence electrons. The average Bonchev–Trinajstić information content (AvgIpc) is 3.29. The number of nitrogens with one attached hydrogen (secondary N) is 2. The third-order valence-electron chi connectivity index (χ3n) is 3.90. The Morgan fingerprint density at radius 3 is 2.62 bits per heavy atom. The van der Waals surface area contributed by atoms with E-state index >= 15 is 0 Å². The molecule has 1 aromatic rings. The smallest absolute Gasteiger partial charge is 0.253 e. The number of hydrogen-bond donors (Lipinski definition) is 3. The maximum Gasteiger partial charge on any atom is 0.253 e. The lowest BCUT2D eigenvalue weighted by molar-refractivity contribution is -0.118. The zero-order valence-corrected chi connectivity index (χ0v) is 12.6. The predicted molar refractivity (Wildman–Crippen MR) is 83.0 cm³/mol. The summed E-state index contributed by atoms with van der Waals surface area (Å²) in [5.41, 5.74) is 6.92. The molecule has 2 atom stereocenters. The quantitative estimate of drug-likeness (QED) is 0.747. The van der Waals surface area contributed by atoms with E-state index in [2.05, 4.69) is 10.6 Å². The van der Waals surface area contributed by atoms with Crippen molar-refractivity contribution in [1.29, 1.82) is 0 Å². The minimum absolute atomic E-state index is 0.0949. The third-order valence-corrected chi connectivity index (χ3v) is 3.90. The molecule has 0 saturated heterocycles. The van der Waals surface area contributed by atoms with Gasteiger partial charge in [0.15, 0.2) is 0 Å². The Bertz CT molecular complexity index is 526. The van der Waals surface area contributed by atoms with Crippen LogP contribution in [0.4, 0.5) is 5.69 Å². The van der Waals surface area contributed by atoms with Gasteiger partial charge < -0.3 is 16.4 Å². The number of nitrogens with two attached hydrogens (primary N) is 1. The molecule has 1 aliphatic rings. The lowest BCUT2D eigenvalue weighted by Gasteiger charge is -2.19. The minimum atomic E-state index is -0.574. The number of benzene rings is 1. The van der Waals surface area contributed by atoms with E-state index in [0.717, 1.165) is 19.3 Å². The van der Waals surface area contributed by atoms with Gasteiger partial charge in [-0.3, -0.25) is 9.59 Å². The molecule has 0 aromatic heterocycles. The van der Waals surface area contributed by atoms with Gasteiger partial charge in [0.05, 0.1) is 17.3 Å². The van der Waals surface area contributed by atoms with Gasteiger partial charge in [-0.25, -0.2) is 0 Å². The Kier molecular flexibility index (Phi) is 4.96. The molecular formula is C16H23N3O2. The number of para-hydroxylation sites is 1. The predicted octanol–water partition coefficient (Wildman–Crippen LogP) is 1.89. The lowest BCUT2D eigenvalue weighted by atomic mass is 9.99. The lowest BCUT2D eigenvalue weighted by Crippen LogP contribution is -2.41. The Hall–Kier alpha value is -1.88. The summed E-state index contributed by atoms with van der Waals surface area (Å²) in [7, 11) is 0. The van der Waals surface area contributed by atoms with Crippen molar-refractivity contribution in [3.63, 3.8) is 0 Å². The van der Waals surface area contributed by atoms with Crippen LogP contribution in [-0.2, 0) is 4.79 Å². The van der Waals surface area contributed by atoms with Crippen molar-refractivity contribution in [3.8, 4) is 0 Å². The highest BCUT2D eigenvalue weighted by atomic mass is 16.2. The molecule has 0 aliphatic heterocycles. The first-order chi connectivity index (χ1) is 10.0. The number of carbonyl (C=O) groups is 2. The van der Waals surface area contributed by atoms with E-state index in [4.69, 9.17) is 5.73 Å². The van der Waals surface area contributed by atoms with Crippen molar-refractivity contribution in [1.82, 2.24) is 5.32 Å². The van der Waals surface area contributed by atoms with Gasteiger partial charge in [0.2, 0.25) is 5.91 Å². The highest BCUT2D eigenvalue weighted by Gasteiger charge is 2.26. The summed E-state index contributed by atoms with van der Waals surface area (Å²) in [5, 5.41) is 5.70. The molecule has 0 heterocycles. The summed E-state index contributed by atoms with van der Waals surface area (Å²) in [5.74, 6) is -0.306. The SMILES string of the molecule is CCC(C)C(N)C(=O)Nc1ccccc1C(=O)NC1CC1. The molecule has 2 unspecified atom stereocenters. The number of rotatable bonds is 6. The largest absolute Gasteiger partial charge is 0.349 e. The standard InChI is InChI=1S/C16H23N3O2/c1-3-10(2)14(17)16(21)19-13-7-5-4-6-12(13)15(20)18-11-8-9-11/h4-7,10-11,14H,3,8-9,17H2,1-2H3,(H,18,20)(H,19,21). The van der Waals surface area contributed by atoms with Crippen molar-refractivity contribution in [3.05, 3.63) is 29.8 Å². The van der Waals surface area contributed by atoms with Gasteiger partial charge in [0.1, 0.15) is 0 Å². The Morgan fingerprint density at radius 1 is 1.33 bits per heavy atom. The Morgan fingerprint density at radius 2 is 2.00 bits per heavy atom. The maximum absolute atomic E-state index is 12.2. The summed E-state index contributed by atoms with van der Waals surface area (Å²) >= 11 is 0. The zero-order chi connectivity index (χ0) is 15.4. The first-order valence-corrected chi connectivity index (χ1v) is 7.49. The van der Waals surface area contributed by atoms with E-state index in [9.17, 15) is 9.59 Å².